The molecular weight excluding hydrogens is 1320 g/mol. The maximum Gasteiger partial charge on any atom is 0.495 e. The van der Waals surface area contributed by atoms with Gasteiger partial charge in [0.25, 0.3) is 11.2 Å². The van der Waals surface area contributed by atoms with Crippen molar-refractivity contribution in [2.24, 2.45) is 71.0 Å². The number of halogens is 18. The highest BCUT2D eigenvalue weighted by atomic mass is 35.8. The highest BCUT2D eigenvalue weighted by molar-refractivity contribution is 7.65. The lowest BCUT2D eigenvalue weighted by Crippen LogP contribution is -2.61. The third-order valence-electron chi connectivity index (χ3n) is 19.3. The Balaban J connectivity index is 0.000000256. The average molecular weight is 1400 g/mol. The number of rotatable bonds is 15. The van der Waals surface area contributed by atoms with Crippen LogP contribution in [0.25, 0.3) is 0 Å². The summed E-state index contributed by atoms with van der Waals surface area (Å²) in [5.74, 6) is -2.58. The van der Waals surface area contributed by atoms with Crippen LogP contribution >= 0.6 is 66.5 Å². The molecule has 0 amide bonds. The van der Waals surface area contributed by atoms with Gasteiger partial charge in [-0.1, -0.05) is 0 Å². The number of carbonyl (C=O) groups is 2. The summed E-state index contributed by atoms with van der Waals surface area (Å²) in [6.07, 6.45) is -18.9. The predicted molar refractivity (Wildman–Crippen MR) is 299 cm³/mol. The molecule has 0 aromatic carbocycles. The number of esters is 2. The number of aliphatic hydroxyl groups is 2. The molecule has 3 radical (unpaired) electrons. The number of hydrogen-bond acceptors (Lipinski definition) is 10. The molecule has 8 aliphatic carbocycles. The molecule has 481 valence electrons. The second-order valence-electron chi connectivity index (χ2n) is 26.7. The molecule has 0 aromatic rings. The Morgan fingerprint density at radius 1 is 0.458 bits per heavy atom. The highest BCUT2D eigenvalue weighted by Gasteiger charge is 2.74. The van der Waals surface area contributed by atoms with E-state index >= 15 is 0 Å². The predicted octanol–water partition coefficient (Wildman–Crippen LogP) is 15.7. The van der Waals surface area contributed by atoms with E-state index in [4.69, 9.17) is 93.3 Å². The third-order valence-corrected chi connectivity index (χ3v) is 35.8. The zero-order chi connectivity index (χ0) is 62.5. The van der Waals surface area contributed by atoms with E-state index in [1.54, 1.807) is 0 Å². The van der Waals surface area contributed by atoms with Gasteiger partial charge in [0.15, 0.2) is 0 Å². The fraction of sp³-hybridized carbons (Fsp3) is 0.960. The van der Waals surface area contributed by atoms with Gasteiger partial charge >= 0.3 is 66.0 Å². The van der Waals surface area contributed by atoms with Crippen LogP contribution in [-0.2, 0) is 36.5 Å². The summed E-state index contributed by atoms with van der Waals surface area (Å²) >= 11 is 36.2. The largest absolute Gasteiger partial charge is 0.495 e. The van der Waals surface area contributed by atoms with E-state index in [1.165, 1.54) is 21.3 Å². The Bertz CT molecular complexity index is 2230. The second kappa shape index (κ2) is 25.6. The molecule has 8 rings (SSSR count). The molecule has 33 heteroatoms. The van der Waals surface area contributed by atoms with Gasteiger partial charge in [0, 0.05) is 40.8 Å². The second-order valence-corrected chi connectivity index (χ2v) is 51.3. The van der Waals surface area contributed by atoms with Crippen molar-refractivity contribution in [3.63, 3.8) is 0 Å². The van der Waals surface area contributed by atoms with Crippen LogP contribution in [-0.4, -0.2) is 128 Å². The van der Waals surface area contributed by atoms with E-state index in [0.29, 0.717) is 44.4 Å². The van der Waals surface area contributed by atoms with Crippen molar-refractivity contribution in [3.8, 4) is 0 Å². The van der Waals surface area contributed by atoms with Gasteiger partial charge in [0.05, 0.1) is 11.8 Å². The summed E-state index contributed by atoms with van der Waals surface area (Å²) in [6, 6.07) is -5.93. The summed E-state index contributed by atoms with van der Waals surface area (Å²) in [7, 11) is -1.94. The van der Waals surface area contributed by atoms with Gasteiger partial charge in [-0.2, -0.15) is 52.7 Å². The Hall–Kier alpha value is 0.532. The lowest BCUT2D eigenvalue weighted by atomic mass is 9.79. The molecule has 2 N–H and O–H groups in total. The van der Waals surface area contributed by atoms with Crippen molar-refractivity contribution in [2.45, 2.75) is 207 Å². The van der Waals surface area contributed by atoms with Gasteiger partial charge < -0.3 is 37.1 Å². The van der Waals surface area contributed by atoms with E-state index in [2.05, 4.69) is 0 Å². The van der Waals surface area contributed by atoms with Crippen LogP contribution in [0.15, 0.2) is 0 Å². The Morgan fingerprint density at radius 3 is 1.22 bits per heavy atom. The lowest BCUT2D eigenvalue weighted by Gasteiger charge is -2.46. The van der Waals surface area contributed by atoms with Gasteiger partial charge in [-0.05, 0) is 208 Å². The standard InChI is InChI=1S/C27H44F6O7Si2.C12H19Cl3O2Si.C11H13Cl3F6OSi.B/c1-24(2,3)39-23(34)20-11-18-9-16(20)13-22(18)42(37-5,38-6)40-41(7,36-4)21-12-15-8-17(21)10-19(15)14-25(35,26(28,29)30)27(31,32)33;1-12(2,3)17-11(16)9-5-7-4-8(9)10(6-7)18(13,14)15;12-22(13,14)8-3-5-1-6(7(8)2-5)4-9(21,10(15,16)17)11(18,19)20;/h15-22,35H,8-14H2,1-7H3;7-10H,4-6H2,1-3H3;5-8,21H,1-4H2;. The van der Waals surface area contributed by atoms with Crippen LogP contribution < -0.4 is 0 Å². The molecular formula is C50H76BCl6F12O10Si4. The molecule has 0 aromatic heterocycles. The van der Waals surface area contributed by atoms with Crippen LogP contribution in [0.2, 0.25) is 28.7 Å². The van der Waals surface area contributed by atoms with Crippen molar-refractivity contribution < 1.29 is 99.4 Å². The molecule has 8 fully saturated rings. The first-order valence-corrected chi connectivity index (χ1v) is 42.0. The highest BCUT2D eigenvalue weighted by Crippen LogP contribution is 2.66. The van der Waals surface area contributed by atoms with Crippen LogP contribution in [0.3, 0.4) is 0 Å². The summed E-state index contributed by atoms with van der Waals surface area (Å²) in [4.78, 5) is 25.0. The fourth-order valence-electron chi connectivity index (χ4n) is 15.8. The summed E-state index contributed by atoms with van der Waals surface area (Å²) in [5.41, 5.74) is -11.1. The first-order valence-electron chi connectivity index (χ1n) is 27.5. The molecule has 0 heterocycles. The molecule has 8 bridgehead atoms. The molecule has 8 saturated carbocycles. The average Bonchev–Trinajstić information content (AvgIpc) is 4.15. The van der Waals surface area contributed by atoms with E-state index in [0.717, 1.165) is 25.7 Å². The van der Waals surface area contributed by atoms with Crippen molar-refractivity contribution >= 4 is 116 Å². The Labute approximate surface area is 512 Å². The minimum atomic E-state index is -5.82. The quantitative estimate of drug-likeness (QED) is 0.0707. The SMILES string of the molecule is CC(C)(C)OC(=O)C1CC2CC1C([Si](Cl)(Cl)Cl)C2.CO[Si](C)(O[Si](OC)(OC)C1CC2CC1CC2C(=O)OC(C)(C)C)C1CC2CC1CC2CC(O)(C(F)(F)F)C(F)(F)F.OC(CC1CC2CC1C([Si](Cl)(Cl)Cl)C2)(C(F)(F)F)C(F)(F)F.[B]. The van der Waals surface area contributed by atoms with Crippen LogP contribution in [0.5, 0.6) is 0 Å². The van der Waals surface area contributed by atoms with Gasteiger partial charge in [0.2, 0.25) is 0 Å². The lowest BCUT2D eigenvalue weighted by molar-refractivity contribution is -0.373. The number of hydrogen-bond donors (Lipinski definition) is 2. The maximum absolute atomic E-state index is 13.4. The first-order chi connectivity index (χ1) is 36.9. The van der Waals surface area contributed by atoms with Crippen molar-refractivity contribution in [2.75, 3.05) is 21.3 Å². The third kappa shape index (κ3) is 15.9. The van der Waals surface area contributed by atoms with Gasteiger partial charge in [-0.15, -0.1) is 66.5 Å². The molecule has 0 spiro atoms. The first kappa shape index (κ1) is 74.3. The summed E-state index contributed by atoms with van der Waals surface area (Å²) in [5, 5.41) is 19.1. The Kier molecular flexibility index (Phi) is 22.9. The molecule has 0 aliphatic heterocycles. The maximum atomic E-state index is 13.4. The van der Waals surface area contributed by atoms with Crippen molar-refractivity contribution in [1.29, 1.82) is 0 Å². The smallest absolute Gasteiger partial charge is 0.460 e. The summed E-state index contributed by atoms with van der Waals surface area (Å²) in [6.45, 7) is 13.0. The number of carbonyl (C=O) groups excluding carboxylic acids is 2. The molecule has 10 nitrogen and oxygen atoms in total. The molecule has 17 unspecified atom stereocenters. The monoisotopic (exact) mass is 1400 g/mol. The van der Waals surface area contributed by atoms with Gasteiger partial charge in [-0.25, -0.2) is 0 Å². The van der Waals surface area contributed by atoms with Crippen molar-refractivity contribution in [1.82, 2.24) is 0 Å². The van der Waals surface area contributed by atoms with E-state index in [9.17, 15) is 72.5 Å². The summed E-state index contributed by atoms with van der Waals surface area (Å²) < 4.78 is 193. The minimum Gasteiger partial charge on any atom is -0.460 e. The van der Waals surface area contributed by atoms with Gasteiger partial charge in [0.1, 0.15) is 11.2 Å². The molecule has 83 heavy (non-hydrogen) atoms. The van der Waals surface area contributed by atoms with E-state index < -0.39 is 119 Å². The Morgan fingerprint density at radius 2 is 0.855 bits per heavy atom. The molecule has 0 saturated heterocycles. The van der Waals surface area contributed by atoms with Crippen LogP contribution in [0, 0.1) is 71.0 Å². The zero-order valence-corrected chi connectivity index (χ0v) is 56.2. The zero-order valence-electron chi connectivity index (χ0n) is 47.7. The number of ether oxygens (including phenoxy) is 2. The number of alkyl halides is 12. The van der Waals surface area contributed by atoms with Crippen LogP contribution in [0.4, 0.5) is 52.7 Å². The normalized spacial score (nSPS) is 34.4. The molecule has 17 atom stereocenters. The van der Waals surface area contributed by atoms with Crippen molar-refractivity contribution in [3.05, 3.63) is 0 Å². The van der Waals surface area contributed by atoms with Crippen LogP contribution in [0.1, 0.15) is 131 Å². The fourth-order valence-corrected chi connectivity index (χ4v) is 32.1. The number of fused-ring (bicyclic) bond motifs is 8. The molecule has 8 aliphatic rings. The minimum absolute atomic E-state index is 0. The van der Waals surface area contributed by atoms with E-state index in [-0.39, 0.29) is 91.2 Å². The van der Waals surface area contributed by atoms with Gasteiger partial charge in [-0.3, -0.25) is 9.59 Å². The topological polar surface area (TPSA) is 130 Å². The van der Waals surface area contributed by atoms with E-state index in [1.807, 2.05) is 48.1 Å².